The van der Waals surface area contributed by atoms with Crippen LogP contribution in [0.2, 0.25) is 0 Å². The first-order valence-electron chi connectivity index (χ1n) is 5.25. The van der Waals surface area contributed by atoms with Crippen LogP contribution in [0.5, 0.6) is 0 Å². The van der Waals surface area contributed by atoms with Gasteiger partial charge in [0.05, 0.1) is 13.2 Å². The Morgan fingerprint density at radius 3 is 2.50 bits per heavy atom. The minimum absolute atomic E-state index is 0.409. The highest BCUT2D eigenvalue weighted by Crippen LogP contribution is 2.40. The number of aliphatic imine (C=N–C) groups is 1. The topological polar surface area (TPSA) is 30.8 Å². The summed E-state index contributed by atoms with van der Waals surface area (Å²) in [5.41, 5.74) is 0.409. The molecule has 1 fully saturated rings. The SMILES string of the molecule is COO/C=N/[C@@H]1CCC(C(C)(C)C)C1. The van der Waals surface area contributed by atoms with E-state index in [0.717, 1.165) is 5.92 Å². The minimum atomic E-state index is 0.409. The fourth-order valence-electron chi connectivity index (χ4n) is 2.03. The molecule has 1 rings (SSSR count). The first-order chi connectivity index (χ1) is 6.54. The summed E-state index contributed by atoms with van der Waals surface area (Å²) in [7, 11) is 1.48. The van der Waals surface area contributed by atoms with Crippen LogP contribution in [0.1, 0.15) is 40.0 Å². The van der Waals surface area contributed by atoms with Crippen molar-refractivity contribution in [2.24, 2.45) is 16.3 Å². The van der Waals surface area contributed by atoms with Crippen molar-refractivity contribution in [2.45, 2.75) is 46.1 Å². The van der Waals surface area contributed by atoms with Crippen molar-refractivity contribution >= 4 is 6.40 Å². The normalized spacial score (nSPS) is 28.6. The van der Waals surface area contributed by atoms with Crippen LogP contribution in [-0.2, 0) is 9.78 Å². The highest BCUT2D eigenvalue weighted by atomic mass is 17.2. The smallest absolute Gasteiger partial charge is 0.215 e. The second-order valence-electron chi connectivity index (χ2n) is 5.05. The van der Waals surface area contributed by atoms with Gasteiger partial charge in [0, 0.05) is 0 Å². The van der Waals surface area contributed by atoms with Crippen LogP contribution >= 0.6 is 0 Å². The van der Waals surface area contributed by atoms with E-state index in [9.17, 15) is 0 Å². The van der Waals surface area contributed by atoms with E-state index in [2.05, 4.69) is 35.5 Å². The van der Waals surface area contributed by atoms with E-state index in [1.54, 1.807) is 0 Å². The Balaban J connectivity index is 2.34. The molecule has 0 aromatic rings. The summed E-state index contributed by atoms with van der Waals surface area (Å²) >= 11 is 0. The van der Waals surface area contributed by atoms with Crippen molar-refractivity contribution < 1.29 is 9.78 Å². The van der Waals surface area contributed by atoms with Gasteiger partial charge in [0.25, 0.3) is 0 Å². The molecule has 3 heteroatoms. The van der Waals surface area contributed by atoms with Gasteiger partial charge in [0.15, 0.2) is 0 Å². The third-order valence-electron chi connectivity index (χ3n) is 3.04. The van der Waals surface area contributed by atoms with Crippen molar-refractivity contribution in [3.63, 3.8) is 0 Å². The van der Waals surface area contributed by atoms with E-state index < -0.39 is 0 Å². The molecule has 1 aliphatic rings. The molecule has 1 aliphatic carbocycles. The molecular weight excluding hydrogens is 178 g/mol. The maximum absolute atomic E-state index is 4.62. The number of hydrogen-bond acceptors (Lipinski definition) is 3. The molecule has 0 aliphatic heterocycles. The van der Waals surface area contributed by atoms with Gasteiger partial charge in [-0.3, -0.25) is 4.99 Å². The molecule has 1 saturated carbocycles. The van der Waals surface area contributed by atoms with Gasteiger partial charge in [-0.1, -0.05) is 20.8 Å². The molecule has 3 nitrogen and oxygen atoms in total. The number of hydrogen-bond donors (Lipinski definition) is 0. The highest BCUT2D eigenvalue weighted by Gasteiger charge is 2.32. The van der Waals surface area contributed by atoms with Crippen molar-refractivity contribution in [2.75, 3.05) is 7.11 Å². The molecule has 14 heavy (non-hydrogen) atoms. The first-order valence-corrected chi connectivity index (χ1v) is 5.25. The lowest BCUT2D eigenvalue weighted by Crippen LogP contribution is -2.17. The Morgan fingerprint density at radius 2 is 2.00 bits per heavy atom. The summed E-state index contributed by atoms with van der Waals surface area (Å²) in [4.78, 5) is 13.4. The van der Waals surface area contributed by atoms with Gasteiger partial charge >= 0.3 is 0 Å². The van der Waals surface area contributed by atoms with Crippen LogP contribution in [0.15, 0.2) is 4.99 Å². The molecule has 0 N–H and O–H groups in total. The van der Waals surface area contributed by atoms with E-state index in [1.807, 2.05) is 0 Å². The van der Waals surface area contributed by atoms with E-state index in [4.69, 9.17) is 0 Å². The molecule has 0 heterocycles. The Kier molecular flexibility index (Phi) is 3.93. The molecule has 0 amide bonds. The lowest BCUT2D eigenvalue weighted by Gasteiger charge is -2.26. The summed E-state index contributed by atoms with van der Waals surface area (Å²) in [6, 6.07) is 0.425. The predicted octanol–water partition coefficient (Wildman–Crippen LogP) is 2.81. The van der Waals surface area contributed by atoms with Gasteiger partial charge < -0.3 is 4.89 Å². The molecule has 0 spiro atoms. The van der Waals surface area contributed by atoms with Crippen LogP contribution in [0.25, 0.3) is 0 Å². The van der Waals surface area contributed by atoms with Crippen LogP contribution in [0.3, 0.4) is 0 Å². The molecule has 0 aromatic heterocycles. The number of nitrogens with zero attached hydrogens (tertiary/aromatic N) is 1. The third-order valence-corrected chi connectivity index (χ3v) is 3.04. The monoisotopic (exact) mass is 199 g/mol. The second kappa shape index (κ2) is 4.78. The maximum Gasteiger partial charge on any atom is 0.215 e. The van der Waals surface area contributed by atoms with E-state index in [1.165, 1.54) is 32.8 Å². The molecule has 0 bridgehead atoms. The Hall–Kier alpha value is -0.570. The Morgan fingerprint density at radius 1 is 1.29 bits per heavy atom. The molecule has 0 radical (unpaired) electrons. The van der Waals surface area contributed by atoms with Gasteiger partial charge in [-0.2, -0.15) is 4.89 Å². The zero-order valence-electron chi connectivity index (χ0n) is 9.62. The van der Waals surface area contributed by atoms with Gasteiger partial charge in [-0.15, -0.1) is 0 Å². The lowest BCUT2D eigenvalue weighted by molar-refractivity contribution is -0.188. The zero-order chi connectivity index (χ0) is 10.6. The van der Waals surface area contributed by atoms with E-state index in [0.29, 0.717) is 11.5 Å². The van der Waals surface area contributed by atoms with Gasteiger partial charge in [0.1, 0.15) is 0 Å². The zero-order valence-corrected chi connectivity index (χ0v) is 9.62. The summed E-state index contributed by atoms with van der Waals surface area (Å²) in [6.07, 6.45) is 5.03. The van der Waals surface area contributed by atoms with Gasteiger partial charge in [-0.25, -0.2) is 0 Å². The minimum Gasteiger partial charge on any atom is -0.326 e. The summed E-state index contributed by atoms with van der Waals surface area (Å²) in [6.45, 7) is 6.90. The molecule has 0 aromatic carbocycles. The Labute approximate surface area is 86.4 Å². The fraction of sp³-hybridized carbons (Fsp3) is 0.909. The summed E-state index contributed by atoms with van der Waals surface area (Å²) < 4.78 is 0. The van der Waals surface area contributed by atoms with E-state index >= 15 is 0 Å². The third kappa shape index (κ3) is 3.29. The van der Waals surface area contributed by atoms with Gasteiger partial charge in [0.2, 0.25) is 6.40 Å². The van der Waals surface area contributed by atoms with Crippen LogP contribution in [0, 0.1) is 11.3 Å². The summed E-state index contributed by atoms with van der Waals surface area (Å²) in [5.74, 6) is 0.784. The predicted molar refractivity (Wildman–Crippen MR) is 57.2 cm³/mol. The highest BCUT2D eigenvalue weighted by molar-refractivity contribution is 5.45. The average molecular weight is 199 g/mol. The summed E-state index contributed by atoms with van der Waals surface area (Å²) in [5, 5.41) is 0. The maximum atomic E-state index is 4.62. The molecule has 82 valence electrons. The van der Waals surface area contributed by atoms with Crippen LogP contribution < -0.4 is 0 Å². The quantitative estimate of drug-likeness (QED) is 0.303. The fourth-order valence-corrected chi connectivity index (χ4v) is 2.03. The molecular formula is C11H21NO2. The van der Waals surface area contributed by atoms with Crippen molar-refractivity contribution in [1.82, 2.24) is 0 Å². The molecule has 2 atom stereocenters. The standard InChI is InChI=1S/C11H21NO2/c1-11(2,3)9-5-6-10(7-9)12-8-14-13-4/h8-10H,5-7H2,1-4H3/b12-8+/t9?,10-/m1/s1. The average Bonchev–Trinajstić information content (AvgIpc) is 2.52. The van der Waals surface area contributed by atoms with Crippen molar-refractivity contribution in [3.8, 4) is 0 Å². The largest absolute Gasteiger partial charge is 0.326 e. The van der Waals surface area contributed by atoms with Crippen molar-refractivity contribution in [3.05, 3.63) is 0 Å². The van der Waals surface area contributed by atoms with Gasteiger partial charge in [-0.05, 0) is 30.6 Å². The first kappa shape index (κ1) is 11.5. The van der Waals surface area contributed by atoms with Crippen LogP contribution in [0.4, 0.5) is 0 Å². The van der Waals surface area contributed by atoms with Crippen molar-refractivity contribution in [1.29, 1.82) is 0 Å². The molecule has 0 saturated heterocycles. The lowest BCUT2D eigenvalue weighted by atomic mass is 9.80. The van der Waals surface area contributed by atoms with E-state index in [-0.39, 0.29) is 0 Å². The second-order valence-corrected chi connectivity index (χ2v) is 5.05. The number of rotatable bonds is 3. The molecule has 1 unspecified atom stereocenters. The Bertz CT molecular complexity index is 196. The van der Waals surface area contributed by atoms with Crippen LogP contribution in [-0.4, -0.2) is 19.6 Å².